The quantitative estimate of drug-likeness (QED) is 0.778. The fourth-order valence-corrected chi connectivity index (χ4v) is 5.57. The van der Waals surface area contributed by atoms with Crippen LogP contribution in [0.1, 0.15) is 58.6 Å². The standard InChI is InChI=1S/C23H25F3N4O/c1-13(2)29-11-18-20(12-29)27-28-21(18)22(31)30-9-15-7-14(8-16(15)10-30)17-5-3-4-6-19(17)23(24,25)26/h3-6,14-16H,1,7-12H2,2H3,(H,27,28)/t14-,15-,16+. The SMILES string of the molecule is C=C(C)N1Cc2[nH]nc(C(=O)N3C[C@H]4C[C@@H](c5ccccc5C(F)(F)F)C[C@H]4C3)c2C1. The number of aromatic amines is 1. The van der Waals surface area contributed by atoms with E-state index in [2.05, 4.69) is 21.7 Å². The van der Waals surface area contributed by atoms with Crippen molar-refractivity contribution in [2.45, 2.75) is 44.9 Å². The molecule has 2 aliphatic heterocycles. The van der Waals surface area contributed by atoms with E-state index in [-0.39, 0.29) is 23.7 Å². The lowest BCUT2D eigenvalue weighted by Gasteiger charge is -2.21. The summed E-state index contributed by atoms with van der Waals surface area (Å²) in [4.78, 5) is 17.1. The summed E-state index contributed by atoms with van der Waals surface area (Å²) >= 11 is 0. The predicted molar refractivity (Wildman–Crippen MR) is 109 cm³/mol. The first-order valence-electron chi connectivity index (χ1n) is 10.6. The number of likely N-dealkylation sites (tertiary alicyclic amines) is 1. The fraction of sp³-hybridized carbons (Fsp3) is 0.478. The van der Waals surface area contributed by atoms with Gasteiger partial charge in [0.25, 0.3) is 5.91 Å². The number of allylic oxidation sites excluding steroid dienone is 1. The molecule has 31 heavy (non-hydrogen) atoms. The molecule has 0 radical (unpaired) electrons. The number of nitrogens with one attached hydrogen (secondary N) is 1. The second kappa shape index (κ2) is 7.14. The Bertz CT molecular complexity index is 1030. The van der Waals surface area contributed by atoms with Crippen LogP contribution in [-0.4, -0.2) is 39.0 Å². The average Bonchev–Trinajstić information content (AvgIpc) is 3.45. The molecule has 5 nitrogen and oxygen atoms in total. The van der Waals surface area contributed by atoms with Gasteiger partial charge in [0.05, 0.1) is 17.8 Å². The van der Waals surface area contributed by atoms with E-state index < -0.39 is 11.7 Å². The van der Waals surface area contributed by atoms with Gasteiger partial charge in [-0.2, -0.15) is 18.3 Å². The fourth-order valence-electron chi connectivity index (χ4n) is 5.57. The van der Waals surface area contributed by atoms with E-state index in [1.54, 1.807) is 12.1 Å². The lowest BCUT2D eigenvalue weighted by Crippen LogP contribution is -2.31. The van der Waals surface area contributed by atoms with Crippen LogP contribution in [0.2, 0.25) is 0 Å². The van der Waals surface area contributed by atoms with Gasteiger partial charge < -0.3 is 9.80 Å². The number of carbonyl (C=O) groups is 1. The second-order valence-corrected chi connectivity index (χ2v) is 9.10. The molecule has 1 aromatic carbocycles. The Balaban J connectivity index is 1.28. The molecule has 3 heterocycles. The van der Waals surface area contributed by atoms with Crippen LogP contribution in [0.25, 0.3) is 0 Å². The number of halogens is 3. The van der Waals surface area contributed by atoms with Gasteiger partial charge in [-0.3, -0.25) is 9.89 Å². The van der Waals surface area contributed by atoms with Crippen LogP contribution in [0.3, 0.4) is 0 Å². The number of aromatic nitrogens is 2. The number of alkyl halides is 3. The number of fused-ring (bicyclic) bond motifs is 2. The lowest BCUT2D eigenvalue weighted by atomic mass is 9.91. The molecule has 2 aromatic rings. The van der Waals surface area contributed by atoms with E-state index in [1.165, 1.54) is 12.1 Å². The summed E-state index contributed by atoms with van der Waals surface area (Å²) in [7, 11) is 0. The zero-order valence-corrected chi connectivity index (χ0v) is 17.4. The van der Waals surface area contributed by atoms with E-state index in [9.17, 15) is 18.0 Å². The van der Waals surface area contributed by atoms with Crippen molar-refractivity contribution in [3.63, 3.8) is 0 Å². The Kier molecular flexibility index (Phi) is 4.64. The highest BCUT2D eigenvalue weighted by atomic mass is 19.4. The summed E-state index contributed by atoms with van der Waals surface area (Å²) in [5, 5.41) is 7.26. The Morgan fingerprint density at radius 3 is 2.45 bits per heavy atom. The van der Waals surface area contributed by atoms with E-state index in [4.69, 9.17) is 0 Å². The third kappa shape index (κ3) is 3.42. The average molecular weight is 430 g/mol. The molecule has 1 saturated carbocycles. The summed E-state index contributed by atoms with van der Waals surface area (Å²) in [6.45, 7) is 8.38. The Hall–Kier alpha value is -2.77. The van der Waals surface area contributed by atoms with Crippen molar-refractivity contribution < 1.29 is 18.0 Å². The maximum Gasteiger partial charge on any atom is 0.416 e. The van der Waals surface area contributed by atoms with Crippen LogP contribution in [0.5, 0.6) is 0 Å². The minimum Gasteiger partial charge on any atom is -0.365 e. The molecular weight excluding hydrogens is 405 g/mol. The first-order valence-corrected chi connectivity index (χ1v) is 10.6. The number of H-pyrrole nitrogens is 1. The Labute approximate surface area is 178 Å². The number of benzene rings is 1. The summed E-state index contributed by atoms with van der Waals surface area (Å²) in [6, 6.07) is 5.91. The van der Waals surface area contributed by atoms with Crippen molar-refractivity contribution in [3.05, 3.63) is 64.6 Å². The summed E-state index contributed by atoms with van der Waals surface area (Å²) in [6.07, 6.45) is -2.97. The number of hydrogen-bond donors (Lipinski definition) is 1. The number of hydrogen-bond acceptors (Lipinski definition) is 3. The van der Waals surface area contributed by atoms with Gasteiger partial charge in [0.15, 0.2) is 5.69 Å². The molecule has 1 amide bonds. The smallest absolute Gasteiger partial charge is 0.365 e. The predicted octanol–water partition coefficient (Wildman–Crippen LogP) is 4.54. The third-order valence-electron chi connectivity index (χ3n) is 7.14. The van der Waals surface area contributed by atoms with Crippen molar-refractivity contribution in [2.24, 2.45) is 11.8 Å². The van der Waals surface area contributed by atoms with Crippen LogP contribution in [0.15, 0.2) is 36.5 Å². The molecule has 2 fully saturated rings. The normalized spacial score (nSPS) is 25.1. The Morgan fingerprint density at radius 2 is 1.81 bits per heavy atom. The maximum atomic E-state index is 13.4. The summed E-state index contributed by atoms with van der Waals surface area (Å²) in [5.41, 5.74) is 3.17. The van der Waals surface area contributed by atoms with Crippen LogP contribution < -0.4 is 0 Å². The van der Waals surface area contributed by atoms with E-state index in [0.717, 1.165) is 17.0 Å². The van der Waals surface area contributed by atoms with Crippen LogP contribution in [0, 0.1) is 11.8 Å². The van der Waals surface area contributed by atoms with Crippen LogP contribution in [-0.2, 0) is 19.3 Å². The molecule has 1 aliphatic carbocycles. The summed E-state index contributed by atoms with van der Waals surface area (Å²) < 4.78 is 40.3. The third-order valence-corrected chi connectivity index (χ3v) is 7.14. The van der Waals surface area contributed by atoms with E-state index in [1.807, 2.05) is 11.8 Å². The van der Waals surface area contributed by atoms with Gasteiger partial charge in [0.1, 0.15) is 0 Å². The van der Waals surface area contributed by atoms with E-state index >= 15 is 0 Å². The zero-order valence-electron chi connectivity index (χ0n) is 17.4. The number of nitrogens with zero attached hydrogens (tertiary/aromatic N) is 3. The zero-order chi connectivity index (χ0) is 21.9. The number of carbonyl (C=O) groups excluding carboxylic acids is 1. The first-order chi connectivity index (χ1) is 14.7. The molecule has 1 N–H and O–H groups in total. The molecule has 0 bridgehead atoms. The molecular formula is C23H25F3N4O. The molecule has 3 aliphatic rings. The van der Waals surface area contributed by atoms with Gasteiger partial charge in [-0.1, -0.05) is 24.8 Å². The van der Waals surface area contributed by atoms with Crippen molar-refractivity contribution >= 4 is 5.91 Å². The maximum absolute atomic E-state index is 13.4. The summed E-state index contributed by atoms with van der Waals surface area (Å²) in [5.74, 6) is 0.273. The van der Waals surface area contributed by atoms with Gasteiger partial charge in [-0.25, -0.2) is 0 Å². The lowest BCUT2D eigenvalue weighted by molar-refractivity contribution is -0.138. The molecule has 0 spiro atoms. The van der Waals surface area contributed by atoms with Crippen molar-refractivity contribution in [1.82, 2.24) is 20.0 Å². The highest BCUT2D eigenvalue weighted by molar-refractivity contribution is 5.94. The highest BCUT2D eigenvalue weighted by Gasteiger charge is 2.45. The highest BCUT2D eigenvalue weighted by Crippen LogP contribution is 2.49. The second-order valence-electron chi connectivity index (χ2n) is 9.10. The number of amides is 1. The van der Waals surface area contributed by atoms with Crippen molar-refractivity contribution in [1.29, 1.82) is 0 Å². The minimum absolute atomic E-state index is 0.0808. The molecule has 164 valence electrons. The van der Waals surface area contributed by atoms with Gasteiger partial charge >= 0.3 is 6.18 Å². The van der Waals surface area contributed by atoms with Crippen molar-refractivity contribution in [3.8, 4) is 0 Å². The van der Waals surface area contributed by atoms with Crippen LogP contribution in [0.4, 0.5) is 13.2 Å². The minimum atomic E-state index is -4.34. The first kappa shape index (κ1) is 20.2. The number of rotatable bonds is 3. The molecule has 0 unspecified atom stereocenters. The van der Waals surface area contributed by atoms with Gasteiger partial charge in [0, 0.05) is 30.9 Å². The topological polar surface area (TPSA) is 52.2 Å². The van der Waals surface area contributed by atoms with E-state index in [0.29, 0.717) is 50.3 Å². The molecule has 1 saturated heterocycles. The van der Waals surface area contributed by atoms with Gasteiger partial charge in [0.2, 0.25) is 0 Å². The monoisotopic (exact) mass is 430 g/mol. The molecule has 8 heteroatoms. The molecule has 1 aromatic heterocycles. The molecule has 3 atom stereocenters. The van der Waals surface area contributed by atoms with Gasteiger partial charge in [-0.05, 0) is 49.1 Å². The van der Waals surface area contributed by atoms with Gasteiger partial charge in [-0.15, -0.1) is 0 Å². The van der Waals surface area contributed by atoms with Crippen LogP contribution >= 0.6 is 0 Å². The van der Waals surface area contributed by atoms with Crippen molar-refractivity contribution in [2.75, 3.05) is 13.1 Å². The molecule has 5 rings (SSSR count). The largest absolute Gasteiger partial charge is 0.416 e. The Morgan fingerprint density at radius 1 is 1.13 bits per heavy atom.